The first-order valence-corrected chi connectivity index (χ1v) is 6.91. The SMILES string of the molecule is CC1[C@H]2C[C@@H](C[C@@H]1N(CC(=O)O)CC(=O)O)C2(C)C. The van der Waals surface area contributed by atoms with Crippen LogP contribution in [0.3, 0.4) is 0 Å². The van der Waals surface area contributed by atoms with Gasteiger partial charge in [-0.05, 0) is 36.0 Å². The summed E-state index contributed by atoms with van der Waals surface area (Å²) in [6.45, 7) is 6.33. The fraction of sp³-hybridized carbons (Fsp3) is 0.857. The number of fused-ring (bicyclic) bond motifs is 2. The van der Waals surface area contributed by atoms with Gasteiger partial charge in [-0.25, -0.2) is 0 Å². The molecule has 3 fully saturated rings. The fourth-order valence-electron chi connectivity index (χ4n) is 4.24. The Morgan fingerprint density at radius 1 is 1.16 bits per heavy atom. The van der Waals surface area contributed by atoms with Gasteiger partial charge >= 0.3 is 11.9 Å². The summed E-state index contributed by atoms with van der Waals surface area (Å²) in [5.74, 6) is -0.359. The topological polar surface area (TPSA) is 77.8 Å². The molecule has 0 spiro atoms. The number of nitrogens with zero attached hydrogens (tertiary/aromatic N) is 1. The first-order chi connectivity index (χ1) is 8.73. The van der Waals surface area contributed by atoms with Crippen LogP contribution in [0.2, 0.25) is 0 Å². The Kier molecular flexibility index (Phi) is 3.60. The standard InChI is InChI=1S/C14H23NO4/c1-8-10-4-9(14(10,2)3)5-11(8)15(6-12(16)17)7-13(18)19/h8-11H,4-7H2,1-3H3,(H,16,17)(H,18,19)/t8?,9-,10+,11-/m0/s1. The predicted octanol–water partition coefficient (Wildman–Crippen LogP) is 1.53. The Labute approximate surface area is 113 Å². The first-order valence-electron chi connectivity index (χ1n) is 6.91. The third kappa shape index (κ3) is 2.48. The Bertz CT molecular complexity index is 377. The van der Waals surface area contributed by atoms with E-state index in [0.29, 0.717) is 23.2 Å². The van der Waals surface area contributed by atoms with E-state index in [0.717, 1.165) is 6.42 Å². The second kappa shape index (κ2) is 4.78. The van der Waals surface area contributed by atoms with Gasteiger partial charge in [-0.3, -0.25) is 14.5 Å². The molecule has 3 rings (SSSR count). The molecule has 0 amide bonds. The molecule has 0 aromatic carbocycles. The van der Waals surface area contributed by atoms with Gasteiger partial charge in [-0.2, -0.15) is 0 Å². The highest BCUT2D eigenvalue weighted by atomic mass is 16.4. The lowest BCUT2D eigenvalue weighted by Crippen LogP contribution is -2.61. The molecule has 0 radical (unpaired) electrons. The average molecular weight is 269 g/mol. The molecule has 0 saturated heterocycles. The van der Waals surface area contributed by atoms with Gasteiger partial charge in [0.25, 0.3) is 0 Å². The van der Waals surface area contributed by atoms with E-state index in [1.165, 1.54) is 6.42 Å². The van der Waals surface area contributed by atoms with Crippen LogP contribution >= 0.6 is 0 Å². The van der Waals surface area contributed by atoms with Crippen molar-refractivity contribution in [3.63, 3.8) is 0 Å². The second-order valence-electron chi connectivity index (χ2n) is 6.72. The van der Waals surface area contributed by atoms with E-state index < -0.39 is 11.9 Å². The molecule has 3 aliphatic carbocycles. The Hall–Kier alpha value is -1.10. The molecule has 0 heterocycles. The van der Waals surface area contributed by atoms with E-state index in [4.69, 9.17) is 10.2 Å². The lowest BCUT2D eigenvalue weighted by molar-refractivity contribution is -0.157. The van der Waals surface area contributed by atoms with Gasteiger partial charge in [0.2, 0.25) is 0 Å². The smallest absolute Gasteiger partial charge is 0.317 e. The van der Waals surface area contributed by atoms with Crippen LogP contribution in [-0.4, -0.2) is 46.2 Å². The molecule has 3 aliphatic rings. The van der Waals surface area contributed by atoms with E-state index in [9.17, 15) is 9.59 Å². The lowest BCUT2D eigenvalue weighted by Gasteiger charge is -2.63. The fourth-order valence-corrected chi connectivity index (χ4v) is 4.24. The van der Waals surface area contributed by atoms with Crippen LogP contribution in [0.25, 0.3) is 0 Å². The minimum atomic E-state index is -0.952. The minimum Gasteiger partial charge on any atom is -0.480 e. The van der Waals surface area contributed by atoms with Gasteiger partial charge in [-0.1, -0.05) is 20.8 Å². The summed E-state index contributed by atoms with van der Waals surface area (Å²) in [6.07, 6.45) is 2.13. The quantitative estimate of drug-likeness (QED) is 0.791. The molecule has 1 unspecified atom stereocenters. The van der Waals surface area contributed by atoms with Crippen LogP contribution in [0.5, 0.6) is 0 Å². The normalized spacial score (nSPS) is 35.8. The summed E-state index contributed by atoms with van der Waals surface area (Å²) in [4.78, 5) is 23.5. The summed E-state index contributed by atoms with van der Waals surface area (Å²) in [7, 11) is 0. The van der Waals surface area contributed by atoms with Crippen LogP contribution in [-0.2, 0) is 9.59 Å². The summed E-state index contributed by atoms with van der Waals surface area (Å²) in [5, 5.41) is 17.9. The highest BCUT2D eigenvalue weighted by Gasteiger charge is 2.57. The van der Waals surface area contributed by atoms with Gasteiger partial charge in [0.1, 0.15) is 0 Å². The number of rotatable bonds is 5. The zero-order chi connectivity index (χ0) is 14.4. The summed E-state index contributed by atoms with van der Waals surface area (Å²) < 4.78 is 0. The molecular formula is C14H23NO4. The molecule has 0 aromatic rings. The highest BCUT2D eigenvalue weighted by Crippen LogP contribution is 2.61. The molecule has 19 heavy (non-hydrogen) atoms. The summed E-state index contributed by atoms with van der Waals surface area (Å²) in [5.41, 5.74) is 0.327. The van der Waals surface area contributed by atoms with Crippen molar-refractivity contribution in [1.29, 1.82) is 0 Å². The zero-order valence-electron chi connectivity index (χ0n) is 11.8. The molecule has 4 atom stereocenters. The molecule has 5 heteroatoms. The number of hydrogen-bond donors (Lipinski definition) is 2. The van der Waals surface area contributed by atoms with Crippen molar-refractivity contribution < 1.29 is 19.8 Å². The third-order valence-corrected chi connectivity index (χ3v) is 5.46. The lowest BCUT2D eigenvalue weighted by atomic mass is 9.44. The van der Waals surface area contributed by atoms with Crippen LogP contribution in [0.15, 0.2) is 0 Å². The number of carbonyl (C=O) groups is 2. The molecule has 0 aromatic heterocycles. The van der Waals surface area contributed by atoms with Crippen molar-refractivity contribution >= 4 is 11.9 Å². The number of aliphatic carboxylic acids is 2. The van der Waals surface area contributed by atoms with Crippen LogP contribution < -0.4 is 0 Å². The minimum absolute atomic E-state index is 0.0870. The van der Waals surface area contributed by atoms with E-state index >= 15 is 0 Å². The molecule has 2 N–H and O–H groups in total. The van der Waals surface area contributed by atoms with Crippen molar-refractivity contribution in [3.05, 3.63) is 0 Å². The van der Waals surface area contributed by atoms with Gasteiger partial charge in [-0.15, -0.1) is 0 Å². The third-order valence-electron chi connectivity index (χ3n) is 5.46. The molecule has 0 aliphatic heterocycles. The van der Waals surface area contributed by atoms with Crippen LogP contribution in [0, 0.1) is 23.2 Å². The molecular weight excluding hydrogens is 246 g/mol. The molecule has 3 saturated carbocycles. The molecule has 5 nitrogen and oxygen atoms in total. The Balaban J connectivity index is 2.10. The van der Waals surface area contributed by atoms with Gasteiger partial charge in [0, 0.05) is 6.04 Å². The van der Waals surface area contributed by atoms with Crippen molar-refractivity contribution in [1.82, 2.24) is 4.90 Å². The predicted molar refractivity (Wildman–Crippen MR) is 69.8 cm³/mol. The van der Waals surface area contributed by atoms with E-state index in [1.807, 2.05) is 0 Å². The van der Waals surface area contributed by atoms with Crippen LogP contribution in [0.4, 0.5) is 0 Å². The maximum absolute atomic E-state index is 10.9. The summed E-state index contributed by atoms with van der Waals surface area (Å²) in [6, 6.07) is 0.0870. The van der Waals surface area contributed by atoms with E-state index in [-0.39, 0.29) is 19.1 Å². The monoisotopic (exact) mass is 269 g/mol. The van der Waals surface area contributed by atoms with Crippen molar-refractivity contribution in [2.75, 3.05) is 13.1 Å². The van der Waals surface area contributed by atoms with Gasteiger partial charge < -0.3 is 10.2 Å². The Morgan fingerprint density at radius 2 is 1.68 bits per heavy atom. The van der Waals surface area contributed by atoms with Gasteiger partial charge in [0.15, 0.2) is 0 Å². The second-order valence-corrected chi connectivity index (χ2v) is 6.72. The van der Waals surface area contributed by atoms with Crippen LogP contribution in [0.1, 0.15) is 33.6 Å². The maximum atomic E-state index is 10.9. The number of carboxylic acids is 2. The van der Waals surface area contributed by atoms with Crippen molar-refractivity contribution in [2.45, 2.75) is 39.7 Å². The average Bonchev–Trinajstić information content (AvgIpc) is 2.26. The largest absolute Gasteiger partial charge is 0.480 e. The first kappa shape index (κ1) is 14.3. The van der Waals surface area contributed by atoms with E-state index in [2.05, 4.69) is 20.8 Å². The maximum Gasteiger partial charge on any atom is 0.317 e. The Morgan fingerprint density at radius 3 is 2.05 bits per heavy atom. The number of hydrogen-bond acceptors (Lipinski definition) is 3. The molecule has 108 valence electrons. The van der Waals surface area contributed by atoms with Crippen molar-refractivity contribution in [2.24, 2.45) is 23.2 Å². The zero-order valence-corrected chi connectivity index (χ0v) is 11.8. The van der Waals surface area contributed by atoms with Crippen molar-refractivity contribution in [3.8, 4) is 0 Å². The highest BCUT2D eigenvalue weighted by molar-refractivity contribution is 5.72. The van der Waals surface area contributed by atoms with Gasteiger partial charge in [0.05, 0.1) is 13.1 Å². The number of carboxylic acid groups (broad SMARTS) is 2. The summed E-state index contributed by atoms with van der Waals surface area (Å²) >= 11 is 0. The van der Waals surface area contributed by atoms with E-state index in [1.54, 1.807) is 4.90 Å². The molecule has 2 bridgehead atoms.